The standard InChI is InChI=1S/C25H33F2N7O3S/c1-4-13-38(35,36)30-22-6-5-21(26)25(24(22)27)34-17-23(29-31-34)19-14-20(16-28-15-19)33-9-7-32(8-10-33)11-12-37-18(2)3/h5-6,14-18,30H,4,7-13H2,1-3H3. The second-order valence-electron chi connectivity index (χ2n) is 9.41. The van der Waals surface area contributed by atoms with Crippen molar-refractivity contribution in [1.82, 2.24) is 24.9 Å². The minimum atomic E-state index is -3.76. The Morgan fingerprint density at radius 2 is 1.89 bits per heavy atom. The van der Waals surface area contributed by atoms with Gasteiger partial charge in [-0.1, -0.05) is 12.1 Å². The van der Waals surface area contributed by atoms with Gasteiger partial charge < -0.3 is 9.64 Å². The maximum absolute atomic E-state index is 15.2. The van der Waals surface area contributed by atoms with Crippen LogP contribution in [0.2, 0.25) is 0 Å². The second kappa shape index (κ2) is 12.1. The number of rotatable bonds is 11. The van der Waals surface area contributed by atoms with Gasteiger partial charge in [0, 0.05) is 44.5 Å². The molecule has 0 saturated carbocycles. The first-order valence-electron chi connectivity index (χ1n) is 12.6. The molecule has 1 aromatic carbocycles. The third-order valence-electron chi connectivity index (χ3n) is 6.14. The number of halogens is 2. The molecule has 0 atom stereocenters. The lowest BCUT2D eigenvalue weighted by Gasteiger charge is -2.36. The number of pyridine rings is 1. The highest BCUT2D eigenvalue weighted by Crippen LogP contribution is 2.28. The molecule has 1 saturated heterocycles. The lowest BCUT2D eigenvalue weighted by molar-refractivity contribution is 0.0579. The maximum Gasteiger partial charge on any atom is 0.232 e. The van der Waals surface area contributed by atoms with Crippen molar-refractivity contribution < 1.29 is 21.9 Å². The van der Waals surface area contributed by atoms with Crippen LogP contribution in [0.25, 0.3) is 16.9 Å². The molecule has 0 radical (unpaired) electrons. The Balaban J connectivity index is 1.49. The first kappa shape index (κ1) is 27.9. The van der Waals surface area contributed by atoms with E-state index >= 15 is 4.39 Å². The topological polar surface area (TPSA) is 105 Å². The third-order valence-corrected chi connectivity index (χ3v) is 7.62. The predicted octanol–water partition coefficient (Wildman–Crippen LogP) is 3.31. The van der Waals surface area contributed by atoms with E-state index in [0.29, 0.717) is 24.3 Å². The molecule has 10 nitrogen and oxygen atoms in total. The van der Waals surface area contributed by atoms with E-state index in [-0.39, 0.29) is 17.5 Å². The molecule has 206 valence electrons. The maximum atomic E-state index is 15.2. The van der Waals surface area contributed by atoms with E-state index in [1.165, 1.54) is 6.20 Å². The Labute approximate surface area is 221 Å². The lowest BCUT2D eigenvalue weighted by Crippen LogP contribution is -2.47. The summed E-state index contributed by atoms with van der Waals surface area (Å²) in [7, 11) is -3.76. The Hall–Kier alpha value is -3.16. The fraction of sp³-hybridized carbons (Fsp3) is 0.480. The minimum absolute atomic E-state index is 0.183. The molecule has 1 N–H and O–H groups in total. The van der Waals surface area contributed by atoms with Gasteiger partial charge in [0.1, 0.15) is 11.4 Å². The van der Waals surface area contributed by atoms with Crippen LogP contribution in [0.4, 0.5) is 20.2 Å². The number of sulfonamides is 1. The van der Waals surface area contributed by atoms with Gasteiger partial charge in [0.25, 0.3) is 0 Å². The minimum Gasteiger partial charge on any atom is -0.377 e. The second-order valence-corrected chi connectivity index (χ2v) is 11.2. The summed E-state index contributed by atoms with van der Waals surface area (Å²) in [5, 5.41) is 7.99. The van der Waals surface area contributed by atoms with Crippen LogP contribution >= 0.6 is 0 Å². The van der Waals surface area contributed by atoms with Crippen molar-refractivity contribution in [2.45, 2.75) is 33.3 Å². The van der Waals surface area contributed by atoms with E-state index in [1.807, 2.05) is 19.9 Å². The molecule has 0 bridgehead atoms. The molecule has 13 heteroatoms. The summed E-state index contributed by atoms with van der Waals surface area (Å²) in [6.07, 6.45) is 5.35. The highest BCUT2D eigenvalue weighted by molar-refractivity contribution is 7.92. The molecule has 3 aromatic rings. The van der Waals surface area contributed by atoms with Crippen LogP contribution in [0.15, 0.2) is 36.8 Å². The number of nitrogens with zero attached hydrogens (tertiary/aromatic N) is 6. The summed E-state index contributed by atoms with van der Waals surface area (Å²) >= 11 is 0. The normalized spacial score (nSPS) is 14.8. The number of hydrogen-bond acceptors (Lipinski definition) is 8. The smallest absolute Gasteiger partial charge is 0.232 e. The number of piperazine rings is 1. The molecule has 1 fully saturated rings. The monoisotopic (exact) mass is 549 g/mol. The lowest BCUT2D eigenvalue weighted by atomic mass is 10.2. The van der Waals surface area contributed by atoms with Crippen LogP contribution in [0, 0.1) is 11.6 Å². The Bertz CT molecular complexity index is 1340. The van der Waals surface area contributed by atoms with E-state index in [0.717, 1.165) is 55.2 Å². The van der Waals surface area contributed by atoms with Crippen LogP contribution in [0.5, 0.6) is 0 Å². The van der Waals surface area contributed by atoms with Crippen LogP contribution in [-0.4, -0.2) is 84.5 Å². The van der Waals surface area contributed by atoms with Crippen molar-refractivity contribution in [1.29, 1.82) is 0 Å². The summed E-state index contributed by atoms with van der Waals surface area (Å²) in [4.78, 5) is 8.93. The van der Waals surface area contributed by atoms with E-state index < -0.39 is 27.3 Å². The van der Waals surface area contributed by atoms with Gasteiger partial charge in [0.2, 0.25) is 10.0 Å². The number of ether oxygens (including phenoxy) is 1. The zero-order valence-electron chi connectivity index (χ0n) is 21.8. The van der Waals surface area contributed by atoms with Gasteiger partial charge in [0.05, 0.1) is 42.2 Å². The summed E-state index contributed by atoms with van der Waals surface area (Å²) < 4.78 is 62.8. The molecule has 0 spiro atoms. The molecule has 38 heavy (non-hydrogen) atoms. The summed E-state index contributed by atoms with van der Waals surface area (Å²) in [6, 6.07) is 3.95. The van der Waals surface area contributed by atoms with Gasteiger partial charge in [-0.15, -0.1) is 5.10 Å². The molecule has 0 amide bonds. The number of benzene rings is 1. The summed E-state index contributed by atoms with van der Waals surface area (Å²) in [5.74, 6) is -2.16. The van der Waals surface area contributed by atoms with E-state index in [9.17, 15) is 12.8 Å². The van der Waals surface area contributed by atoms with Gasteiger partial charge in [-0.25, -0.2) is 21.9 Å². The van der Waals surface area contributed by atoms with Crippen LogP contribution in [0.3, 0.4) is 0 Å². The summed E-state index contributed by atoms with van der Waals surface area (Å²) in [5.41, 5.74) is 1.05. The average molecular weight is 550 g/mol. The Morgan fingerprint density at radius 1 is 1.13 bits per heavy atom. The van der Waals surface area contributed by atoms with Gasteiger partial charge >= 0.3 is 0 Å². The first-order valence-corrected chi connectivity index (χ1v) is 14.3. The van der Waals surface area contributed by atoms with Crippen molar-refractivity contribution in [3.05, 3.63) is 48.4 Å². The first-order chi connectivity index (χ1) is 18.2. The van der Waals surface area contributed by atoms with E-state index in [2.05, 4.69) is 29.8 Å². The molecule has 4 rings (SSSR count). The van der Waals surface area contributed by atoms with Crippen molar-refractivity contribution in [2.24, 2.45) is 0 Å². The Morgan fingerprint density at radius 3 is 2.61 bits per heavy atom. The highest BCUT2D eigenvalue weighted by Gasteiger charge is 2.22. The van der Waals surface area contributed by atoms with E-state index in [4.69, 9.17) is 4.74 Å². The molecule has 0 unspecified atom stereocenters. The van der Waals surface area contributed by atoms with E-state index in [1.54, 1.807) is 19.3 Å². The largest absolute Gasteiger partial charge is 0.377 e. The van der Waals surface area contributed by atoms with Crippen molar-refractivity contribution >= 4 is 21.4 Å². The molecule has 2 aromatic heterocycles. The predicted molar refractivity (Wildman–Crippen MR) is 142 cm³/mol. The van der Waals surface area contributed by atoms with Crippen LogP contribution in [0.1, 0.15) is 27.2 Å². The van der Waals surface area contributed by atoms with Gasteiger partial charge in [0.15, 0.2) is 11.6 Å². The molecule has 1 aliphatic rings. The van der Waals surface area contributed by atoms with Crippen molar-refractivity contribution in [3.8, 4) is 16.9 Å². The molecule has 1 aliphatic heterocycles. The van der Waals surface area contributed by atoms with Crippen molar-refractivity contribution in [3.63, 3.8) is 0 Å². The zero-order valence-corrected chi connectivity index (χ0v) is 22.6. The van der Waals surface area contributed by atoms with Crippen molar-refractivity contribution in [2.75, 3.05) is 54.7 Å². The highest BCUT2D eigenvalue weighted by atomic mass is 32.2. The SMILES string of the molecule is CCCS(=O)(=O)Nc1ccc(F)c(-n2cc(-c3cncc(N4CCN(CCOC(C)C)CC4)c3)nn2)c1F. The molecule has 3 heterocycles. The number of nitrogens with one attached hydrogen (secondary N) is 1. The van der Waals surface area contributed by atoms with Crippen LogP contribution in [-0.2, 0) is 14.8 Å². The average Bonchev–Trinajstić information content (AvgIpc) is 3.36. The Kier molecular flexibility index (Phi) is 8.90. The van der Waals surface area contributed by atoms with Gasteiger partial charge in [-0.3, -0.25) is 14.6 Å². The molecular formula is C25H33F2N7O3S. The summed E-state index contributed by atoms with van der Waals surface area (Å²) in [6.45, 7) is 10.8. The fourth-order valence-electron chi connectivity index (χ4n) is 4.21. The fourth-order valence-corrected chi connectivity index (χ4v) is 5.34. The van der Waals surface area contributed by atoms with Crippen LogP contribution < -0.4 is 9.62 Å². The quantitative estimate of drug-likeness (QED) is 0.389. The number of anilines is 2. The molecular weight excluding hydrogens is 516 g/mol. The molecule has 0 aliphatic carbocycles. The van der Waals surface area contributed by atoms with Gasteiger partial charge in [-0.05, 0) is 38.5 Å². The third kappa shape index (κ3) is 6.83. The van der Waals surface area contributed by atoms with Gasteiger partial charge in [-0.2, -0.15) is 0 Å². The number of hydrogen-bond donors (Lipinski definition) is 1. The number of aromatic nitrogens is 4. The zero-order chi connectivity index (χ0) is 27.3.